The van der Waals surface area contributed by atoms with Gasteiger partial charge in [0, 0.05) is 13.3 Å². The highest BCUT2D eigenvalue weighted by Gasteiger charge is 2.61. The number of rotatable bonds is 6. The minimum absolute atomic E-state index is 0.477. The van der Waals surface area contributed by atoms with E-state index in [1.165, 1.54) is 70.6 Å². The summed E-state index contributed by atoms with van der Waals surface area (Å²) in [4.78, 5) is 4.61. The molecular formula is C28H47N. The topological polar surface area (TPSA) is 12.4 Å². The molecule has 4 rings (SSSR count). The minimum atomic E-state index is 0.477. The van der Waals surface area contributed by atoms with Crippen molar-refractivity contribution < 1.29 is 0 Å². The number of allylic oxidation sites excluding steroid dienone is 2. The van der Waals surface area contributed by atoms with Gasteiger partial charge in [0.1, 0.15) is 0 Å². The molecule has 29 heavy (non-hydrogen) atoms. The second-order valence-corrected chi connectivity index (χ2v) is 12.3. The van der Waals surface area contributed by atoms with Gasteiger partial charge in [-0.1, -0.05) is 59.5 Å². The lowest BCUT2D eigenvalue weighted by atomic mass is 9.53. The number of unbranched alkanes of at least 4 members (excludes halogenated alkanes) is 1. The van der Waals surface area contributed by atoms with Crippen LogP contribution in [-0.2, 0) is 0 Å². The van der Waals surface area contributed by atoms with Gasteiger partial charge in [-0.3, -0.25) is 4.99 Å². The lowest BCUT2D eigenvalue weighted by Crippen LogP contribution is -2.44. The van der Waals surface area contributed by atoms with Crippen LogP contribution in [0.4, 0.5) is 0 Å². The Morgan fingerprint density at radius 2 is 1.83 bits per heavy atom. The van der Waals surface area contributed by atoms with Crippen LogP contribution in [-0.4, -0.2) is 13.3 Å². The van der Waals surface area contributed by atoms with Gasteiger partial charge in [-0.15, -0.1) is 0 Å². The summed E-state index contributed by atoms with van der Waals surface area (Å²) in [7, 11) is 2.00. The maximum absolute atomic E-state index is 4.61. The smallest absolute Gasteiger partial charge is 0.0277 e. The first kappa shape index (κ1) is 21.6. The van der Waals surface area contributed by atoms with Crippen LogP contribution in [0.1, 0.15) is 105 Å². The molecule has 0 amide bonds. The van der Waals surface area contributed by atoms with Crippen molar-refractivity contribution >= 4 is 6.21 Å². The zero-order chi connectivity index (χ0) is 20.8. The zero-order valence-electron chi connectivity index (χ0n) is 20.3. The average molecular weight is 398 g/mol. The van der Waals surface area contributed by atoms with E-state index in [2.05, 4.69) is 45.8 Å². The van der Waals surface area contributed by atoms with Crippen LogP contribution in [0.5, 0.6) is 0 Å². The summed E-state index contributed by atoms with van der Waals surface area (Å²) in [6.07, 6.45) is 18.2. The van der Waals surface area contributed by atoms with Crippen molar-refractivity contribution in [3.63, 3.8) is 0 Å². The van der Waals surface area contributed by atoms with Gasteiger partial charge in [-0.25, -0.2) is 0 Å². The predicted octanol–water partition coefficient (Wildman–Crippen LogP) is 8.10. The zero-order valence-corrected chi connectivity index (χ0v) is 20.3. The Bertz CT molecular complexity index is 657. The number of nitrogens with zero attached hydrogens (tertiary/aromatic N) is 1. The van der Waals surface area contributed by atoms with Crippen molar-refractivity contribution in [1.82, 2.24) is 0 Å². The SMILES string of the molecule is CN=CC1=C2CC(C)CCC2(C)C2CCC3(C)C(CCCCC(C)C)CCC3C12. The van der Waals surface area contributed by atoms with Crippen molar-refractivity contribution in [2.24, 2.45) is 51.3 Å². The summed E-state index contributed by atoms with van der Waals surface area (Å²) in [5.74, 6) is 5.32. The first-order chi connectivity index (χ1) is 13.8. The number of hydrogen-bond acceptors (Lipinski definition) is 1. The number of fused-ring (bicyclic) bond motifs is 5. The number of aliphatic imine (C=N–C) groups is 1. The van der Waals surface area contributed by atoms with E-state index >= 15 is 0 Å². The lowest BCUT2D eigenvalue weighted by Gasteiger charge is -2.51. The Kier molecular flexibility index (Phi) is 6.09. The summed E-state index contributed by atoms with van der Waals surface area (Å²) in [5, 5.41) is 0. The van der Waals surface area contributed by atoms with Gasteiger partial charge in [0.05, 0.1) is 0 Å². The Morgan fingerprint density at radius 3 is 2.55 bits per heavy atom. The van der Waals surface area contributed by atoms with Crippen molar-refractivity contribution in [2.75, 3.05) is 7.05 Å². The normalized spacial score (nSPS) is 44.4. The highest BCUT2D eigenvalue weighted by Crippen LogP contribution is 2.69. The Morgan fingerprint density at radius 1 is 1.03 bits per heavy atom. The van der Waals surface area contributed by atoms with Crippen LogP contribution in [0.3, 0.4) is 0 Å². The molecule has 4 aliphatic rings. The molecule has 1 heteroatoms. The van der Waals surface area contributed by atoms with Crippen LogP contribution in [0.15, 0.2) is 16.1 Å². The quantitative estimate of drug-likeness (QED) is 0.317. The van der Waals surface area contributed by atoms with Gasteiger partial charge in [-0.2, -0.15) is 0 Å². The fourth-order valence-corrected chi connectivity index (χ4v) is 8.56. The third-order valence-electron chi connectivity index (χ3n) is 10.2. The van der Waals surface area contributed by atoms with E-state index in [0.717, 1.165) is 35.5 Å². The van der Waals surface area contributed by atoms with E-state index in [1.54, 1.807) is 5.57 Å². The fraction of sp³-hybridized carbons (Fsp3) is 0.893. The fourth-order valence-electron chi connectivity index (χ4n) is 8.56. The summed E-state index contributed by atoms with van der Waals surface area (Å²) >= 11 is 0. The summed E-state index contributed by atoms with van der Waals surface area (Å²) in [5.41, 5.74) is 4.61. The molecule has 7 unspecified atom stereocenters. The van der Waals surface area contributed by atoms with Gasteiger partial charge in [0.25, 0.3) is 0 Å². The van der Waals surface area contributed by atoms with Crippen LogP contribution >= 0.6 is 0 Å². The Labute approximate surface area is 181 Å². The lowest BCUT2D eigenvalue weighted by molar-refractivity contribution is -0.00503. The molecule has 0 heterocycles. The van der Waals surface area contributed by atoms with Gasteiger partial charge in [0.15, 0.2) is 0 Å². The first-order valence-electron chi connectivity index (χ1n) is 13.0. The van der Waals surface area contributed by atoms with Crippen LogP contribution < -0.4 is 0 Å². The number of hydrogen-bond donors (Lipinski definition) is 0. The summed E-state index contributed by atoms with van der Waals surface area (Å²) in [6.45, 7) is 12.6. The molecule has 0 saturated heterocycles. The third kappa shape index (κ3) is 3.57. The van der Waals surface area contributed by atoms with Gasteiger partial charge in [0.2, 0.25) is 0 Å². The maximum Gasteiger partial charge on any atom is 0.0277 e. The van der Waals surface area contributed by atoms with E-state index in [1.807, 2.05) is 12.6 Å². The van der Waals surface area contributed by atoms with E-state index in [9.17, 15) is 0 Å². The molecule has 0 aromatic heterocycles. The van der Waals surface area contributed by atoms with Gasteiger partial charge >= 0.3 is 0 Å². The first-order valence-corrected chi connectivity index (χ1v) is 13.0. The highest BCUT2D eigenvalue weighted by molar-refractivity contribution is 5.82. The standard InChI is InChI=1S/C28H47N/c1-19(2)9-7-8-10-21-11-12-23-26-22(18-29-6)25-17-20(3)13-15-28(25,5)24(26)14-16-27(21,23)4/h18-21,23-24,26H,7-17H2,1-6H3. The van der Waals surface area contributed by atoms with E-state index in [0.29, 0.717) is 10.8 Å². The molecule has 7 atom stereocenters. The Balaban J connectivity index is 1.57. The molecular weight excluding hydrogens is 350 g/mol. The Hall–Kier alpha value is -0.590. The molecule has 0 aliphatic heterocycles. The molecule has 0 radical (unpaired) electrons. The summed E-state index contributed by atoms with van der Waals surface area (Å²) in [6, 6.07) is 0. The molecule has 0 N–H and O–H groups in total. The van der Waals surface area contributed by atoms with Crippen molar-refractivity contribution in [1.29, 1.82) is 0 Å². The molecule has 3 saturated carbocycles. The van der Waals surface area contributed by atoms with E-state index in [-0.39, 0.29) is 0 Å². The predicted molar refractivity (Wildman–Crippen MR) is 126 cm³/mol. The van der Waals surface area contributed by atoms with Crippen LogP contribution in [0, 0.1) is 46.3 Å². The highest BCUT2D eigenvalue weighted by atomic mass is 14.7. The van der Waals surface area contributed by atoms with Gasteiger partial charge < -0.3 is 0 Å². The minimum Gasteiger partial charge on any atom is -0.296 e. The second-order valence-electron chi connectivity index (χ2n) is 12.3. The largest absolute Gasteiger partial charge is 0.296 e. The average Bonchev–Trinajstić information content (AvgIpc) is 3.12. The monoisotopic (exact) mass is 397 g/mol. The maximum atomic E-state index is 4.61. The molecule has 1 nitrogen and oxygen atoms in total. The molecule has 0 aromatic carbocycles. The van der Waals surface area contributed by atoms with Crippen molar-refractivity contribution in [3.05, 3.63) is 11.1 Å². The second kappa shape index (κ2) is 8.16. The molecule has 0 spiro atoms. The van der Waals surface area contributed by atoms with Crippen molar-refractivity contribution in [3.8, 4) is 0 Å². The van der Waals surface area contributed by atoms with Crippen LogP contribution in [0.2, 0.25) is 0 Å². The van der Waals surface area contributed by atoms with E-state index < -0.39 is 0 Å². The summed E-state index contributed by atoms with van der Waals surface area (Å²) < 4.78 is 0. The molecule has 4 aliphatic carbocycles. The molecule has 0 aromatic rings. The third-order valence-corrected chi connectivity index (χ3v) is 10.2. The molecule has 0 bridgehead atoms. The van der Waals surface area contributed by atoms with Gasteiger partial charge in [-0.05, 0) is 103 Å². The van der Waals surface area contributed by atoms with E-state index in [4.69, 9.17) is 0 Å². The van der Waals surface area contributed by atoms with Crippen molar-refractivity contribution in [2.45, 2.75) is 105 Å². The molecule has 3 fully saturated rings. The van der Waals surface area contributed by atoms with Crippen LogP contribution in [0.25, 0.3) is 0 Å². The molecule has 164 valence electrons.